The van der Waals surface area contributed by atoms with Gasteiger partial charge in [0, 0.05) is 30.9 Å². The Labute approximate surface area is 130 Å². The quantitative estimate of drug-likeness (QED) is 0.867. The molecule has 0 saturated carbocycles. The summed E-state index contributed by atoms with van der Waals surface area (Å²) in [7, 11) is 4.40. The molecule has 0 amide bonds. The van der Waals surface area contributed by atoms with Crippen LogP contribution in [0.5, 0.6) is 0 Å². The number of benzene rings is 1. The van der Waals surface area contributed by atoms with Crippen molar-refractivity contribution in [2.24, 2.45) is 0 Å². The summed E-state index contributed by atoms with van der Waals surface area (Å²) in [6, 6.07) is 10.1. The van der Waals surface area contributed by atoms with Gasteiger partial charge in [0.15, 0.2) is 0 Å². The van der Waals surface area contributed by atoms with Crippen molar-refractivity contribution in [1.29, 1.82) is 0 Å². The summed E-state index contributed by atoms with van der Waals surface area (Å²) in [4.78, 5) is 4.96. The highest BCUT2D eigenvalue weighted by Gasteiger charge is 2.24. The molecule has 0 aromatic heterocycles. The molecule has 1 saturated heterocycles. The molecule has 1 aliphatic rings. The SMILES string of the molecule is CCNC(CC)c1ccccc1N1CCCC(N(C)C)C1. The Morgan fingerprint density at radius 3 is 2.71 bits per heavy atom. The topological polar surface area (TPSA) is 18.5 Å². The van der Waals surface area contributed by atoms with Gasteiger partial charge in [-0.25, -0.2) is 0 Å². The summed E-state index contributed by atoms with van der Waals surface area (Å²) in [5.41, 5.74) is 2.89. The summed E-state index contributed by atoms with van der Waals surface area (Å²) in [5.74, 6) is 0. The smallest absolute Gasteiger partial charge is 0.0415 e. The van der Waals surface area contributed by atoms with E-state index in [9.17, 15) is 0 Å². The first-order valence-corrected chi connectivity index (χ1v) is 8.41. The normalized spacial score (nSPS) is 20.8. The van der Waals surface area contributed by atoms with Crippen molar-refractivity contribution in [3.8, 4) is 0 Å². The van der Waals surface area contributed by atoms with Crippen molar-refractivity contribution in [2.75, 3.05) is 38.6 Å². The highest BCUT2D eigenvalue weighted by molar-refractivity contribution is 5.55. The van der Waals surface area contributed by atoms with Crippen LogP contribution < -0.4 is 10.2 Å². The predicted molar refractivity (Wildman–Crippen MR) is 92.1 cm³/mol. The van der Waals surface area contributed by atoms with Crippen LogP contribution in [0.15, 0.2) is 24.3 Å². The first-order chi connectivity index (χ1) is 10.2. The molecule has 3 heteroatoms. The van der Waals surface area contributed by atoms with Crippen LogP contribution >= 0.6 is 0 Å². The number of rotatable bonds is 6. The first-order valence-electron chi connectivity index (χ1n) is 8.41. The molecule has 2 atom stereocenters. The van der Waals surface area contributed by atoms with Crippen molar-refractivity contribution < 1.29 is 0 Å². The molecule has 1 N–H and O–H groups in total. The van der Waals surface area contributed by atoms with Crippen LogP contribution in [-0.4, -0.2) is 44.7 Å². The lowest BCUT2D eigenvalue weighted by Gasteiger charge is -2.39. The van der Waals surface area contributed by atoms with Crippen LogP contribution in [0.25, 0.3) is 0 Å². The molecule has 1 fully saturated rings. The summed E-state index contributed by atoms with van der Waals surface area (Å²) >= 11 is 0. The standard InChI is InChI=1S/C18H31N3/c1-5-17(19-6-2)16-11-7-8-12-18(16)21-13-9-10-15(14-21)20(3)4/h7-8,11-12,15,17,19H,5-6,9-10,13-14H2,1-4H3. The molecule has 0 spiro atoms. The van der Waals surface area contributed by atoms with Crippen LogP contribution in [-0.2, 0) is 0 Å². The summed E-state index contributed by atoms with van der Waals surface area (Å²) in [5, 5.41) is 3.62. The van der Waals surface area contributed by atoms with Gasteiger partial charge in [0.25, 0.3) is 0 Å². The van der Waals surface area contributed by atoms with E-state index in [1.165, 1.54) is 30.6 Å². The van der Waals surface area contributed by atoms with E-state index in [0.29, 0.717) is 12.1 Å². The minimum absolute atomic E-state index is 0.464. The Morgan fingerprint density at radius 1 is 1.29 bits per heavy atom. The zero-order chi connectivity index (χ0) is 15.2. The molecule has 3 nitrogen and oxygen atoms in total. The average Bonchev–Trinajstić information content (AvgIpc) is 2.53. The van der Waals surface area contributed by atoms with Gasteiger partial charge >= 0.3 is 0 Å². The molecule has 1 aromatic carbocycles. The van der Waals surface area contributed by atoms with Gasteiger partial charge in [0.05, 0.1) is 0 Å². The van der Waals surface area contributed by atoms with Crippen LogP contribution in [0.1, 0.15) is 44.7 Å². The molecule has 0 radical (unpaired) electrons. The highest BCUT2D eigenvalue weighted by atomic mass is 15.2. The molecule has 0 bridgehead atoms. The molecule has 21 heavy (non-hydrogen) atoms. The van der Waals surface area contributed by atoms with Gasteiger partial charge < -0.3 is 15.1 Å². The van der Waals surface area contributed by atoms with Gasteiger partial charge in [0.1, 0.15) is 0 Å². The largest absolute Gasteiger partial charge is 0.370 e. The maximum absolute atomic E-state index is 3.62. The monoisotopic (exact) mass is 289 g/mol. The number of nitrogens with one attached hydrogen (secondary N) is 1. The maximum Gasteiger partial charge on any atom is 0.0415 e. The number of anilines is 1. The Kier molecular flexibility index (Phi) is 6.07. The number of nitrogens with zero attached hydrogens (tertiary/aromatic N) is 2. The number of likely N-dealkylation sites (N-methyl/N-ethyl adjacent to an activating group) is 1. The van der Waals surface area contributed by atoms with Gasteiger partial charge in [0.2, 0.25) is 0 Å². The van der Waals surface area contributed by atoms with Crippen molar-refractivity contribution in [2.45, 2.75) is 45.2 Å². The van der Waals surface area contributed by atoms with Gasteiger partial charge in [-0.1, -0.05) is 32.0 Å². The lowest BCUT2D eigenvalue weighted by molar-refractivity contribution is 0.258. The fourth-order valence-electron chi connectivity index (χ4n) is 3.39. The summed E-state index contributed by atoms with van der Waals surface area (Å²) < 4.78 is 0. The highest BCUT2D eigenvalue weighted by Crippen LogP contribution is 2.30. The zero-order valence-electron chi connectivity index (χ0n) is 14.1. The van der Waals surface area contributed by atoms with Crippen LogP contribution in [0, 0.1) is 0 Å². The minimum Gasteiger partial charge on any atom is -0.370 e. The van der Waals surface area contributed by atoms with Crippen molar-refractivity contribution in [3.05, 3.63) is 29.8 Å². The lowest BCUT2D eigenvalue weighted by atomic mass is 9.98. The van der Waals surface area contributed by atoms with E-state index in [0.717, 1.165) is 19.5 Å². The zero-order valence-corrected chi connectivity index (χ0v) is 14.1. The first kappa shape index (κ1) is 16.3. The van der Waals surface area contributed by atoms with Gasteiger partial charge in [-0.15, -0.1) is 0 Å². The molecule has 2 unspecified atom stereocenters. The van der Waals surface area contributed by atoms with E-state index < -0.39 is 0 Å². The number of piperidine rings is 1. The Hall–Kier alpha value is -1.06. The lowest BCUT2D eigenvalue weighted by Crippen LogP contribution is -2.45. The van der Waals surface area contributed by atoms with Gasteiger partial charge in [-0.2, -0.15) is 0 Å². The van der Waals surface area contributed by atoms with E-state index in [1.54, 1.807) is 0 Å². The molecule has 1 heterocycles. The Balaban J connectivity index is 2.22. The predicted octanol–water partition coefficient (Wildman–Crippen LogP) is 3.28. The summed E-state index contributed by atoms with van der Waals surface area (Å²) in [6.45, 7) is 7.81. The Morgan fingerprint density at radius 2 is 2.05 bits per heavy atom. The summed E-state index contributed by atoms with van der Waals surface area (Å²) in [6.07, 6.45) is 3.74. The third-order valence-electron chi connectivity index (χ3n) is 4.64. The second-order valence-corrected chi connectivity index (χ2v) is 6.28. The van der Waals surface area contributed by atoms with Crippen molar-refractivity contribution in [1.82, 2.24) is 10.2 Å². The van der Waals surface area contributed by atoms with E-state index in [1.807, 2.05) is 0 Å². The molecular formula is C18H31N3. The third kappa shape index (κ3) is 3.98. The van der Waals surface area contributed by atoms with Crippen LogP contribution in [0.2, 0.25) is 0 Å². The average molecular weight is 289 g/mol. The molecule has 1 aromatic rings. The number of hydrogen-bond acceptors (Lipinski definition) is 3. The molecule has 0 aliphatic carbocycles. The fraction of sp³-hybridized carbons (Fsp3) is 0.667. The second-order valence-electron chi connectivity index (χ2n) is 6.28. The third-order valence-corrected chi connectivity index (χ3v) is 4.64. The minimum atomic E-state index is 0.464. The van der Waals surface area contributed by atoms with E-state index in [4.69, 9.17) is 0 Å². The van der Waals surface area contributed by atoms with Gasteiger partial charge in [-0.3, -0.25) is 0 Å². The van der Waals surface area contributed by atoms with Crippen molar-refractivity contribution >= 4 is 5.69 Å². The Bertz CT molecular complexity index is 430. The van der Waals surface area contributed by atoms with E-state index >= 15 is 0 Å². The number of para-hydroxylation sites is 1. The van der Waals surface area contributed by atoms with Gasteiger partial charge in [-0.05, 0) is 51.5 Å². The number of hydrogen-bond donors (Lipinski definition) is 1. The van der Waals surface area contributed by atoms with Crippen LogP contribution in [0.4, 0.5) is 5.69 Å². The molecular weight excluding hydrogens is 258 g/mol. The second kappa shape index (κ2) is 7.81. The molecule has 2 rings (SSSR count). The molecule has 1 aliphatic heterocycles. The van der Waals surface area contributed by atoms with Crippen LogP contribution in [0.3, 0.4) is 0 Å². The fourth-order valence-corrected chi connectivity index (χ4v) is 3.39. The maximum atomic E-state index is 3.62. The van der Waals surface area contributed by atoms with Crippen molar-refractivity contribution in [3.63, 3.8) is 0 Å². The van der Waals surface area contributed by atoms with E-state index in [-0.39, 0.29) is 0 Å². The molecule has 118 valence electrons. The van der Waals surface area contributed by atoms with E-state index in [2.05, 4.69) is 67.3 Å².